The van der Waals surface area contributed by atoms with Crippen molar-refractivity contribution in [1.29, 1.82) is 0 Å². The van der Waals surface area contributed by atoms with E-state index in [-0.39, 0.29) is 17.5 Å². The van der Waals surface area contributed by atoms with Crippen molar-refractivity contribution in [3.63, 3.8) is 0 Å². The summed E-state index contributed by atoms with van der Waals surface area (Å²) in [4.78, 5) is 34.1. The Hall–Kier alpha value is -3.39. The largest absolute Gasteiger partial charge is 0.482 e. The molecule has 0 aromatic heterocycles. The third-order valence-corrected chi connectivity index (χ3v) is 3.48. The van der Waals surface area contributed by atoms with Gasteiger partial charge in [0.2, 0.25) is 0 Å². The van der Waals surface area contributed by atoms with Crippen molar-refractivity contribution in [2.75, 3.05) is 19.0 Å². The number of para-hydroxylation sites is 1. The van der Waals surface area contributed by atoms with Gasteiger partial charge in [0.1, 0.15) is 5.75 Å². The molecule has 3 N–H and O–H groups in total. The van der Waals surface area contributed by atoms with Crippen LogP contribution in [0.5, 0.6) is 5.75 Å². The minimum absolute atomic E-state index is 0.204. The molecule has 0 aliphatic rings. The van der Waals surface area contributed by atoms with Crippen LogP contribution in [-0.2, 0) is 14.4 Å². The van der Waals surface area contributed by atoms with Gasteiger partial charge in [-0.3, -0.25) is 14.4 Å². The molecule has 0 saturated carbocycles. The first-order chi connectivity index (χ1) is 13.0. The maximum atomic E-state index is 11.9. The van der Waals surface area contributed by atoms with Crippen molar-refractivity contribution in [1.82, 2.24) is 10.7 Å². The first-order valence-corrected chi connectivity index (χ1v) is 8.19. The molecule has 3 amide bonds. The van der Waals surface area contributed by atoms with Gasteiger partial charge >= 0.3 is 11.8 Å². The minimum atomic E-state index is -0.885. The Morgan fingerprint density at radius 1 is 1.11 bits per heavy atom. The Bertz CT molecular complexity index is 856. The molecular weight excluding hydrogens is 372 g/mol. The van der Waals surface area contributed by atoms with Crippen LogP contribution in [0.15, 0.2) is 53.6 Å². The van der Waals surface area contributed by atoms with E-state index in [1.165, 1.54) is 13.3 Å². The molecule has 9 heteroatoms. The fourth-order valence-electron chi connectivity index (χ4n) is 1.91. The van der Waals surface area contributed by atoms with Gasteiger partial charge in [-0.15, -0.1) is 0 Å². The van der Waals surface area contributed by atoms with E-state index in [0.29, 0.717) is 17.0 Å². The number of rotatable bonds is 6. The predicted octanol–water partition coefficient (Wildman–Crippen LogP) is 1.55. The van der Waals surface area contributed by atoms with Crippen LogP contribution < -0.4 is 20.8 Å². The monoisotopic (exact) mass is 388 g/mol. The van der Waals surface area contributed by atoms with Crippen molar-refractivity contribution < 1.29 is 19.1 Å². The Balaban J connectivity index is 1.87. The number of nitrogens with zero attached hydrogens (tertiary/aromatic N) is 1. The molecule has 0 radical (unpaired) electrons. The zero-order valence-corrected chi connectivity index (χ0v) is 15.1. The molecule has 0 bridgehead atoms. The number of hydrazone groups is 1. The van der Waals surface area contributed by atoms with Gasteiger partial charge in [-0.2, -0.15) is 5.10 Å². The number of carbonyl (C=O) groups excluding carboxylic acids is 3. The van der Waals surface area contributed by atoms with Gasteiger partial charge in [0, 0.05) is 12.7 Å². The normalized spacial score (nSPS) is 10.3. The summed E-state index contributed by atoms with van der Waals surface area (Å²) >= 11 is 6.12. The van der Waals surface area contributed by atoms with Gasteiger partial charge < -0.3 is 15.4 Å². The van der Waals surface area contributed by atoms with Gasteiger partial charge in [-0.25, -0.2) is 5.43 Å². The summed E-state index contributed by atoms with van der Waals surface area (Å²) in [6.45, 7) is -0.204. The lowest BCUT2D eigenvalue weighted by Gasteiger charge is -2.09. The fraction of sp³-hybridized carbons (Fsp3) is 0.111. The number of nitrogens with one attached hydrogen (secondary N) is 3. The van der Waals surface area contributed by atoms with Crippen LogP contribution in [0, 0.1) is 0 Å². The van der Waals surface area contributed by atoms with Crippen molar-refractivity contribution in [3.8, 4) is 5.75 Å². The number of carbonyl (C=O) groups is 3. The summed E-state index contributed by atoms with van der Waals surface area (Å²) in [5.74, 6) is -1.68. The molecule has 0 atom stereocenters. The Morgan fingerprint density at radius 3 is 2.52 bits per heavy atom. The number of amides is 3. The molecule has 0 aliphatic heterocycles. The number of likely N-dealkylation sites (N-methyl/N-ethyl adjacent to an activating group) is 1. The lowest BCUT2D eigenvalue weighted by Crippen LogP contribution is -2.35. The second kappa shape index (κ2) is 9.93. The van der Waals surface area contributed by atoms with Crippen LogP contribution >= 0.6 is 11.6 Å². The zero-order valence-electron chi connectivity index (χ0n) is 14.4. The molecule has 0 unspecified atom stereocenters. The van der Waals surface area contributed by atoms with Gasteiger partial charge in [0.05, 0.1) is 11.2 Å². The van der Waals surface area contributed by atoms with Crippen LogP contribution in [0.1, 0.15) is 5.56 Å². The van der Waals surface area contributed by atoms with E-state index in [1.807, 2.05) is 18.2 Å². The Kier molecular flexibility index (Phi) is 7.33. The van der Waals surface area contributed by atoms with Crippen molar-refractivity contribution >= 4 is 41.2 Å². The van der Waals surface area contributed by atoms with Crippen LogP contribution in [0.4, 0.5) is 5.69 Å². The highest BCUT2D eigenvalue weighted by Crippen LogP contribution is 2.25. The number of anilines is 1. The molecule has 140 valence electrons. The maximum Gasteiger partial charge on any atom is 0.329 e. The van der Waals surface area contributed by atoms with Gasteiger partial charge in [0.15, 0.2) is 6.61 Å². The smallest absolute Gasteiger partial charge is 0.329 e. The second-order valence-electron chi connectivity index (χ2n) is 5.17. The molecule has 2 rings (SSSR count). The number of halogens is 1. The topological polar surface area (TPSA) is 109 Å². The third kappa shape index (κ3) is 6.44. The highest BCUT2D eigenvalue weighted by molar-refractivity contribution is 6.35. The molecule has 2 aromatic carbocycles. The number of ether oxygens (including phenoxy) is 1. The standard InChI is InChI=1S/C18H17ClN4O4/c1-20-17(25)18(26)23-21-10-12-7-8-15(14(19)9-12)27-11-16(24)22-13-5-3-2-4-6-13/h2-10H,11H2,1H3,(H,20,25)(H,22,24)(H,23,26)/b21-10-. The summed E-state index contributed by atoms with van der Waals surface area (Å²) in [5, 5.41) is 8.79. The highest BCUT2D eigenvalue weighted by Gasteiger charge is 2.09. The van der Waals surface area contributed by atoms with Crippen molar-refractivity contribution in [2.45, 2.75) is 0 Å². The van der Waals surface area contributed by atoms with Crippen LogP contribution in [0.2, 0.25) is 5.02 Å². The minimum Gasteiger partial charge on any atom is -0.482 e. The molecular formula is C18H17ClN4O4. The first-order valence-electron chi connectivity index (χ1n) is 7.82. The molecule has 0 aliphatic carbocycles. The Morgan fingerprint density at radius 2 is 1.85 bits per heavy atom. The third-order valence-electron chi connectivity index (χ3n) is 3.19. The molecule has 0 heterocycles. The summed E-state index contributed by atoms with van der Waals surface area (Å²) in [7, 11) is 1.34. The van der Waals surface area contributed by atoms with E-state index in [1.54, 1.807) is 30.3 Å². The Labute approximate surface area is 160 Å². The van der Waals surface area contributed by atoms with E-state index in [0.717, 1.165) is 0 Å². The van der Waals surface area contributed by atoms with Crippen molar-refractivity contribution in [2.24, 2.45) is 5.10 Å². The maximum absolute atomic E-state index is 11.9. The number of hydrogen-bond donors (Lipinski definition) is 3. The quantitative estimate of drug-likeness (QED) is 0.396. The number of benzene rings is 2. The van der Waals surface area contributed by atoms with E-state index < -0.39 is 11.8 Å². The lowest BCUT2D eigenvalue weighted by molar-refractivity contribution is -0.138. The molecule has 0 saturated heterocycles. The molecule has 0 fully saturated rings. The molecule has 27 heavy (non-hydrogen) atoms. The average molecular weight is 389 g/mol. The fourth-order valence-corrected chi connectivity index (χ4v) is 2.15. The van der Waals surface area contributed by atoms with Gasteiger partial charge in [-0.05, 0) is 35.9 Å². The van der Waals surface area contributed by atoms with E-state index in [4.69, 9.17) is 16.3 Å². The summed E-state index contributed by atoms with van der Waals surface area (Å²) < 4.78 is 5.40. The molecule has 2 aromatic rings. The summed E-state index contributed by atoms with van der Waals surface area (Å²) in [6.07, 6.45) is 1.32. The van der Waals surface area contributed by atoms with Crippen LogP contribution in [-0.4, -0.2) is 37.6 Å². The van der Waals surface area contributed by atoms with Gasteiger partial charge in [0.25, 0.3) is 5.91 Å². The van der Waals surface area contributed by atoms with E-state index in [9.17, 15) is 14.4 Å². The SMILES string of the molecule is CNC(=O)C(=O)N/N=C\c1ccc(OCC(=O)Nc2ccccc2)c(Cl)c1. The van der Waals surface area contributed by atoms with E-state index >= 15 is 0 Å². The first kappa shape index (κ1) is 19.9. The number of hydrogen-bond acceptors (Lipinski definition) is 5. The van der Waals surface area contributed by atoms with Gasteiger partial charge in [-0.1, -0.05) is 29.8 Å². The molecule has 8 nitrogen and oxygen atoms in total. The lowest BCUT2D eigenvalue weighted by atomic mass is 10.2. The van der Waals surface area contributed by atoms with Crippen LogP contribution in [0.3, 0.4) is 0 Å². The predicted molar refractivity (Wildman–Crippen MR) is 102 cm³/mol. The summed E-state index contributed by atoms with van der Waals surface area (Å²) in [5.41, 5.74) is 3.31. The van der Waals surface area contributed by atoms with Crippen molar-refractivity contribution in [3.05, 3.63) is 59.1 Å². The molecule has 0 spiro atoms. The zero-order chi connectivity index (χ0) is 19.6. The average Bonchev–Trinajstić information content (AvgIpc) is 2.67. The second-order valence-corrected chi connectivity index (χ2v) is 5.58. The van der Waals surface area contributed by atoms with E-state index in [2.05, 4.69) is 21.2 Å². The van der Waals surface area contributed by atoms with Crippen LogP contribution in [0.25, 0.3) is 0 Å². The highest BCUT2D eigenvalue weighted by atomic mass is 35.5. The summed E-state index contributed by atoms with van der Waals surface area (Å²) in [6, 6.07) is 13.7.